The van der Waals surface area contributed by atoms with E-state index >= 15 is 0 Å². The number of rotatable bonds is 5. The van der Waals surface area contributed by atoms with Crippen LogP contribution >= 0.6 is 0 Å². The van der Waals surface area contributed by atoms with Crippen LogP contribution in [0.3, 0.4) is 0 Å². The van der Waals surface area contributed by atoms with E-state index in [9.17, 15) is 4.79 Å². The average Bonchev–Trinajstić information content (AvgIpc) is 2.88. The van der Waals surface area contributed by atoms with Crippen LogP contribution < -0.4 is 0 Å². The van der Waals surface area contributed by atoms with Crippen molar-refractivity contribution in [3.8, 4) is 0 Å². The van der Waals surface area contributed by atoms with Crippen LogP contribution in [-0.2, 0) is 16.0 Å². The maximum atomic E-state index is 11.6. The fourth-order valence-electron chi connectivity index (χ4n) is 1.66. The predicted octanol–water partition coefficient (Wildman–Crippen LogP) is 2.33. The van der Waals surface area contributed by atoms with Crippen molar-refractivity contribution in [2.45, 2.75) is 26.2 Å². The third-order valence-electron chi connectivity index (χ3n) is 2.70. The van der Waals surface area contributed by atoms with Crippen LogP contribution in [0.15, 0.2) is 34.9 Å². The topological polar surface area (TPSA) is 65.2 Å². The molecule has 0 fully saturated rings. The average molecular weight is 260 g/mol. The van der Waals surface area contributed by atoms with Gasteiger partial charge in [0.2, 0.25) is 5.89 Å². The zero-order valence-electron chi connectivity index (χ0n) is 11.0. The summed E-state index contributed by atoms with van der Waals surface area (Å²) in [6.07, 6.45) is 0.583. The van der Waals surface area contributed by atoms with Crippen molar-refractivity contribution < 1.29 is 14.1 Å². The van der Waals surface area contributed by atoms with E-state index in [2.05, 4.69) is 10.1 Å². The third-order valence-corrected chi connectivity index (χ3v) is 2.70. The number of nitrogens with zero attached hydrogens (tertiary/aromatic N) is 2. The molecule has 5 nitrogen and oxygen atoms in total. The maximum Gasteiger partial charge on any atom is 0.318 e. The summed E-state index contributed by atoms with van der Waals surface area (Å²) in [5.41, 5.74) is 1.10. The van der Waals surface area contributed by atoms with Gasteiger partial charge >= 0.3 is 5.97 Å². The van der Waals surface area contributed by atoms with Gasteiger partial charge in [-0.05, 0) is 19.4 Å². The Morgan fingerprint density at radius 3 is 2.79 bits per heavy atom. The first-order valence-electron chi connectivity index (χ1n) is 6.23. The van der Waals surface area contributed by atoms with Gasteiger partial charge in [-0.25, -0.2) is 0 Å². The molecule has 0 radical (unpaired) electrons. The van der Waals surface area contributed by atoms with E-state index in [0.717, 1.165) is 5.56 Å². The van der Waals surface area contributed by atoms with E-state index in [0.29, 0.717) is 24.7 Å². The molecule has 1 heterocycles. The number of carbonyl (C=O) groups excluding carboxylic acids is 1. The number of esters is 1. The Kier molecular flexibility index (Phi) is 4.28. The summed E-state index contributed by atoms with van der Waals surface area (Å²) >= 11 is 0. The molecular formula is C14H16N2O3. The number of aromatic nitrogens is 2. The van der Waals surface area contributed by atoms with Crippen molar-refractivity contribution in [3.05, 3.63) is 47.6 Å². The van der Waals surface area contributed by atoms with Crippen LogP contribution in [0.1, 0.15) is 37.0 Å². The lowest BCUT2D eigenvalue weighted by Gasteiger charge is -2.04. The van der Waals surface area contributed by atoms with Crippen molar-refractivity contribution in [3.63, 3.8) is 0 Å². The fourth-order valence-corrected chi connectivity index (χ4v) is 1.66. The first-order chi connectivity index (χ1) is 9.20. The van der Waals surface area contributed by atoms with Crippen LogP contribution in [0, 0.1) is 0 Å². The largest absolute Gasteiger partial charge is 0.465 e. The van der Waals surface area contributed by atoms with Crippen LogP contribution in [0.2, 0.25) is 0 Å². The predicted molar refractivity (Wildman–Crippen MR) is 68.6 cm³/mol. The van der Waals surface area contributed by atoms with Crippen molar-refractivity contribution in [1.29, 1.82) is 0 Å². The summed E-state index contributed by atoms with van der Waals surface area (Å²) in [6, 6.07) is 9.85. The van der Waals surface area contributed by atoms with E-state index in [1.165, 1.54) is 0 Å². The van der Waals surface area contributed by atoms with Gasteiger partial charge < -0.3 is 9.26 Å². The molecular weight excluding hydrogens is 244 g/mol. The molecule has 0 saturated carbocycles. The molecule has 1 unspecified atom stereocenters. The minimum Gasteiger partial charge on any atom is -0.465 e. The Hall–Kier alpha value is -2.17. The molecule has 0 bridgehead atoms. The normalized spacial score (nSPS) is 12.1. The maximum absolute atomic E-state index is 11.6. The highest BCUT2D eigenvalue weighted by atomic mass is 16.5. The third kappa shape index (κ3) is 3.40. The number of carbonyl (C=O) groups is 1. The van der Waals surface area contributed by atoms with Crippen LogP contribution in [-0.4, -0.2) is 22.7 Å². The Labute approximate surface area is 111 Å². The summed E-state index contributed by atoms with van der Waals surface area (Å²) in [5, 5.41) is 3.88. The van der Waals surface area contributed by atoms with Gasteiger partial charge in [-0.3, -0.25) is 4.79 Å². The molecule has 2 aromatic rings. The van der Waals surface area contributed by atoms with E-state index in [1.54, 1.807) is 13.8 Å². The standard InChI is InChI=1S/C14H16N2O3/c1-3-18-14(17)10(2)13-15-12(16-19-13)9-11-7-5-4-6-8-11/h4-8,10H,3,9H2,1-2H3. The lowest BCUT2D eigenvalue weighted by atomic mass is 10.1. The van der Waals surface area contributed by atoms with Crippen molar-refractivity contribution in [2.75, 3.05) is 6.61 Å². The summed E-state index contributed by atoms with van der Waals surface area (Å²) in [6.45, 7) is 3.80. The quantitative estimate of drug-likeness (QED) is 0.772. The molecule has 0 aliphatic carbocycles. The monoisotopic (exact) mass is 260 g/mol. The highest BCUT2D eigenvalue weighted by Gasteiger charge is 2.22. The van der Waals surface area contributed by atoms with Crippen LogP contribution in [0.5, 0.6) is 0 Å². The molecule has 0 aliphatic rings. The number of ether oxygens (including phenoxy) is 1. The van der Waals surface area contributed by atoms with Gasteiger partial charge in [0.15, 0.2) is 5.82 Å². The number of hydrogen-bond acceptors (Lipinski definition) is 5. The Morgan fingerprint density at radius 1 is 1.37 bits per heavy atom. The van der Waals surface area contributed by atoms with E-state index < -0.39 is 5.92 Å². The van der Waals surface area contributed by atoms with Crippen molar-refractivity contribution in [2.24, 2.45) is 0 Å². The second-order valence-corrected chi connectivity index (χ2v) is 4.18. The Morgan fingerprint density at radius 2 is 2.11 bits per heavy atom. The molecule has 0 spiro atoms. The minimum absolute atomic E-state index is 0.296. The SMILES string of the molecule is CCOC(=O)C(C)c1nc(Cc2ccccc2)no1. The Bertz CT molecular complexity index is 537. The summed E-state index contributed by atoms with van der Waals surface area (Å²) in [4.78, 5) is 15.8. The van der Waals surface area contributed by atoms with Crippen molar-refractivity contribution in [1.82, 2.24) is 10.1 Å². The van der Waals surface area contributed by atoms with Gasteiger partial charge in [0.1, 0.15) is 5.92 Å². The van der Waals surface area contributed by atoms with E-state index in [1.807, 2.05) is 30.3 Å². The molecule has 2 rings (SSSR count). The molecule has 5 heteroatoms. The fraction of sp³-hybridized carbons (Fsp3) is 0.357. The first-order valence-corrected chi connectivity index (χ1v) is 6.23. The lowest BCUT2D eigenvalue weighted by molar-refractivity contribution is -0.145. The second-order valence-electron chi connectivity index (χ2n) is 4.18. The summed E-state index contributed by atoms with van der Waals surface area (Å²) in [5.74, 6) is -0.0175. The lowest BCUT2D eigenvalue weighted by Crippen LogP contribution is -2.13. The minimum atomic E-state index is -0.531. The number of benzene rings is 1. The summed E-state index contributed by atoms with van der Waals surface area (Å²) in [7, 11) is 0. The number of hydrogen-bond donors (Lipinski definition) is 0. The highest BCUT2D eigenvalue weighted by Crippen LogP contribution is 2.15. The zero-order chi connectivity index (χ0) is 13.7. The second kappa shape index (κ2) is 6.13. The Balaban J connectivity index is 2.05. The zero-order valence-corrected chi connectivity index (χ0v) is 11.0. The van der Waals surface area contributed by atoms with Crippen LogP contribution in [0.4, 0.5) is 0 Å². The first kappa shape index (κ1) is 13.3. The van der Waals surface area contributed by atoms with Gasteiger partial charge in [0, 0.05) is 6.42 Å². The van der Waals surface area contributed by atoms with Gasteiger partial charge in [0.05, 0.1) is 6.61 Å². The van der Waals surface area contributed by atoms with Gasteiger partial charge in [-0.15, -0.1) is 0 Å². The molecule has 100 valence electrons. The van der Waals surface area contributed by atoms with E-state index in [4.69, 9.17) is 9.26 Å². The molecule has 1 atom stereocenters. The van der Waals surface area contributed by atoms with Gasteiger partial charge in [-0.1, -0.05) is 35.5 Å². The molecule has 0 aliphatic heterocycles. The molecule has 0 amide bonds. The van der Waals surface area contributed by atoms with Crippen molar-refractivity contribution >= 4 is 5.97 Å². The highest BCUT2D eigenvalue weighted by molar-refractivity contribution is 5.76. The molecule has 1 aromatic carbocycles. The molecule has 19 heavy (non-hydrogen) atoms. The molecule has 0 N–H and O–H groups in total. The summed E-state index contributed by atoms with van der Waals surface area (Å²) < 4.78 is 10.0. The van der Waals surface area contributed by atoms with Gasteiger partial charge in [0.25, 0.3) is 0 Å². The molecule has 0 saturated heterocycles. The van der Waals surface area contributed by atoms with Gasteiger partial charge in [-0.2, -0.15) is 4.98 Å². The molecule has 1 aromatic heterocycles. The van der Waals surface area contributed by atoms with Crippen LogP contribution in [0.25, 0.3) is 0 Å². The van der Waals surface area contributed by atoms with E-state index in [-0.39, 0.29) is 5.97 Å². The smallest absolute Gasteiger partial charge is 0.318 e.